The van der Waals surface area contributed by atoms with Crippen molar-refractivity contribution in [3.05, 3.63) is 18.5 Å². The van der Waals surface area contributed by atoms with Crippen LogP contribution in [-0.2, 0) is 0 Å². The first kappa shape index (κ1) is 12.5. The molecule has 0 saturated heterocycles. The summed E-state index contributed by atoms with van der Waals surface area (Å²) < 4.78 is 0. The van der Waals surface area contributed by atoms with Gasteiger partial charge in [-0.1, -0.05) is 31.0 Å². The quantitative estimate of drug-likeness (QED) is 0.419. The van der Waals surface area contributed by atoms with Crippen molar-refractivity contribution < 1.29 is 0 Å². The fourth-order valence-electron chi connectivity index (χ4n) is 1.30. The number of hydrogen-bond acceptors (Lipinski definition) is 4. The Kier molecular flexibility index (Phi) is 7.21. The van der Waals surface area contributed by atoms with Gasteiger partial charge in [0.15, 0.2) is 5.16 Å². The van der Waals surface area contributed by atoms with E-state index in [-0.39, 0.29) is 0 Å². The summed E-state index contributed by atoms with van der Waals surface area (Å²) in [4.78, 5) is 8.32. The van der Waals surface area contributed by atoms with Gasteiger partial charge in [0.05, 0.1) is 0 Å². The van der Waals surface area contributed by atoms with E-state index in [1.807, 2.05) is 6.07 Å². The second kappa shape index (κ2) is 8.68. The van der Waals surface area contributed by atoms with Crippen molar-refractivity contribution in [1.29, 1.82) is 0 Å². The van der Waals surface area contributed by atoms with Crippen LogP contribution in [0.4, 0.5) is 0 Å². The molecular formula is C11H19N3S. The predicted octanol–water partition coefficient (Wildman–Crippen LogP) is 2.48. The van der Waals surface area contributed by atoms with Gasteiger partial charge in [-0.3, -0.25) is 0 Å². The van der Waals surface area contributed by atoms with Crippen LogP contribution in [0, 0.1) is 0 Å². The highest BCUT2D eigenvalue weighted by Crippen LogP contribution is 2.14. The Bertz CT molecular complexity index is 241. The van der Waals surface area contributed by atoms with Gasteiger partial charge in [0, 0.05) is 18.1 Å². The van der Waals surface area contributed by atoms with Crippen LogP contribution in [0.2, 0.25) is 0 Å². The Morgan fingerprint density at radius 1 is 1.00 bits per heavy atom. The fraction of sp³-hybridized carbons (Fsp3) is 0.636. The normalized spacial score (nSPS) is 10.5. The van der Waals surface area contributed by atoms with Gasteiger partial charge in [-0.25, -0.2) is 9.97 Å². The van der Waals surface area contributed by atoms with Gasteiger partial charge in [0.2, 0.25) is 0 Å². The second-order valence-electron chi connectivity index (χ2n) is 3.44. The van der Waals surface area contributed by atoms with Crippen molar-refractivity contribution in [2.24, 2.45) is 5.73 Å². The van der Waals surface area contributed by atoms with Crippen LogP contribution in [0.5, 0.6) is 0 Å². The van der Waals surface area contributed by atoms with E-state index in [1.54, 1.807) is 24.2 Å². The summed E-state index contributed by atoms with van der Waals surface area (Å²) in [6.07, 6.45) is 9.84. The third-order valence-electron chi connectivity index (χ3n) is 2.12. The minimum atomic E-state index is 0.826. The molecular weight excluding hydrogens is 206 g/mol. The number of nitrogens with zero attached hydrogens (tertiary/aromatic N) is 2. The molecule has 0 spiro atoms. The summed E-state index contributed by atoms with van der Waals surface area (Å²) in [7, 11) is 0. The van der Waals surface area contributed by atoms with E-state index in [0.29, 0.717) is 0 Å². The molecule has 1 aromatic rings. The lowest BCUT2D eigenvalue weighted by molar-refractivity contribution is 0.640. The van der Waals surface area contributed by atoms with E-state index in [9.17, 15) is 0 Å². The van der Waals surface area contributed by atoms with Gasteiger partial charge in [0.25, 0.3) is 0 Å². The third kappa shape index (κ3) is 6.47. The Hall–Kier alpha value is -0.610. The molecule has 0 aliphatic rings. The maximum atomic E-state index is 5.42. The monoisotopic (exact) mass is 225 g/mol. The zero-order valence-corrected chi connectivity index (χ0v) is 9.88. The van der Waals surface area contributed by atoms with Crippen molar-refractivity contribution in [3.63, 3.8) is 0 Å². The number of thioether (sulfide) groups is 1. The van der Waals surface area contributed by atoms with Gasteiger partial charge in [-0.15, -0.1) is 0 Å². The summed E-state index contributed by atoms with van der Waals surface area (Å²) in [5, 5.41) is 0.888. The predicted molar refractivity (Wildman–Crippen MR) is 64.9 cm³/mol. The number of rotatable bonds is 8. The van der Waals surface area contributed by atoms with Crippen molar-refractivity contribution in [1.82, 2.24) is 9.97 Å². The average Bonchev–Trinajstić information content (AvgIpc) is 2.29. The number of aromatic nitrogens is 2. The molecule has 0 bridgehead atoms. The van der Waals surface area contributed by atoms with Gasteiger partial charge in [-0.2, -0.15) is 0 Å². The van der Waals surface area contributed by atoms with Crippen LogP contribution in [0.25, 0.3) is 0 Å². The molecule has 0 saturated carbocycles. The lowest BCUT2D eigenvalue weighted by Gasteiger charge is -2.00. The van der Waals surface area contributed by atoms with Crippen molar-refractivity contribution in [2.45, 2.75) is 37.3 Å². The fourth-order valence-corrected chi connectivity index (χ4v) is 2.10. The largest absolute Gasteiger partial charge is 0.330 e. The number of unbranched alkanes of at least 4 members (excludes halogenated alkanes) is 4. The van der Waals surface area contributed by atoms with Crippen LogP contribution in [0.15, 0.2) is 23.6 Å². The summed E-state index contributed by atoms with van der Waals surface area (Å²) in [6, 6.07) is 1.84. The molecule has 0 amide bonds. The molecule has 1 rings (SSSR count). The molecule has 84 valence electrons. The summed E-state index contributed by atoms with van der Waals surface area (Å²) in [6.45, 7) is 0.826. The van der Waals surface area contributed by atoms with E-state index < -0.39 is 0 Å². The Morgan fingerprint density at radius 2 is 1.67 bits per heavy atom. The molecule has 0 unspecified atom stereocenters. The molecule has 15 heavy (non-hydrogen) atoms. The van der Waals surface area contributed by atoms with E-state index in [4.69, 9.17) is 5.73 Å². The third-order valence-corrected chi connectivity index (χ3v) is 3.08. The molecule has 0 radical (unpaired) electrons. The van der Waals surface area contributed by atoms with Crippen LogP contribution < -0.4 is 5.73 Å². The highest BCUT2D eigenvalue weighted by molar-refractivity contribution is 7.99. The second-order valence-corrected chi connectivity index (χ2v) is 4.50. The lowest BCUT2D eigenvalue weighted by atomic mass is 10.2. The molecule has 4 heteroatoms. The highest BCUT2D eigenvalue weighted by Gasteiger charge is 1.95. The SMILES string of the molecule is NCCCCCCCSc1ncccn1. The standard InChI is InChI=1S/C11H19N3S/c12-7-4-2-1-3-5-10-15-11-13-8-6-9-14-11/h6,8-9H,1-5,7,10,12H2. The molecule has 0 aliphatic carbocycles. The average molecular weight is 225 g/mol. The van der Waals surface area contributed by atoms with Gasteiger partial charge in [0.1, 0.15) is 0 Å². The summed E-state index contributed by atoms with van der Waals surface area (Å²) >= 11 is 1.74. The van der Waals surface area contributed by atoms with Crippen LogP contribution >= 0.6 is 11.8 Å². The zero-order valence-electron chi connectivity index (χ0n) is 9.06. The molecule has 1 aromatic heterocycles. The molecule has 0 fully saturated rings. The first-order valence-electron chi connectivity index (χ1n) is 5.53. The number of hydrogen-bond donors (Lipinski definition) is 1. The first-order valence-corrected chi connectivity index (χ1v) is 6.52. The van der Waals surface area contributed by atoms with Crippen molar-refractivity contribution in [2.75, 3.05) is 12.3 Å². The minimum Gasteiger partial charge on any atom is -0.330 e. The molecule has 0 aromatic carbocycles. The van der Waals surface area contributed by atoms with Crippen LogP contribution in [0.1, 0.15) is 32.1 Å². The van der Waals surface area contributed by atoms with Crippen LogP contribution in [0.3, 0.4) is 0 Å². The maximum Gasteiger partial charge on any atom is 0.187 e. The van der Waals surface area contributed by atoms with Gasteiger partial charge < -0.3 is 5.73 Å². The minimum absolute atomic E-state index is 0.826. The van der Waals surface area contributed by atoms with Gasteiger partial charge in [-0.05, 0) is 25.5 Å². The summed E-state index contributed by atoms with van der Waals surface area (Å²) in [5.41, 5.74) is 5.42. The number of nitrogens with two attached hydrogens (primary N) is 1. The van der Waals surface area contributed by atoms with Crippen molar-refractivity contribution >= 4 is 11.8 Å². The first-order chi connectivity index (χ1) is 7.43. The smallest absolute Gasteiger partial charge is 0.187 e. The molecule has 3 nitrogen and oxygen atoms in total. The highest BCUT2D eigenvalue weighted by atomic mass is 32.2. The Labute approximate surface area is 95.9 Å². The lowest BCUT2D eigenvalue weighted by Crippen LogP contribution is -1.97. The van der Waals surface area contributed by atoms with Gasteiger partial charge >= 0.3 is 0 Å². The van der Waals surface area contributed by atoms with E-state index >= 15 is 0 Å². The maximum absolute atomic E-state index is 5.42. The molecule has 2 N–H and O–H groups in total. The van der Waals surface area contributed by atoms with E-state index in [2.05, 4.69) is 9.97 Å². The molecule has 1 heterocycles. The van der Waals surface area contributed by atoms with Crippen LogP contribution in [-0.4, -0.2) is 22.3 Å². The zero-order chi connectivity index (χ0) is 10.8. The molecule has 0 atom stereocenters. The Balaban J connectivity index is 1.93. The van der Waals surface area contributed by atoms with E-state index in [1.165, 1.54) is 25.7 Å². The Morgan fingerprint density at radius 3 is 2.40 bits per heavy atom. The molecule has 0 aliphatic heterocycles. The topological polar surface area (TPSA) is 51.8 Å². The summed E-state index contributed by atoms with van der Waals surface area (Å²) in [5.74, 6) is 1.12. The van der Waals surface area contributed by atoms with E-state index in [0.717, 1.165) is 23.9 Å². The van der Waals surface area contributed by atoms with Crippen molar-refractivity contribution in [3.8, 4) is 0 Å².